The summed E-state index contributed by atoms with van der Waals surface area (Å²) in [6.45, 7) is 12.0. The molecule has 1 aromatic carbocycles. The van der Waals surface area contributed by atoms with Crippen LogP contribution in [0.25, 0.3) is 0 Å². The topological polar surface area (TPSA) is 0 Å². The van der Waals surface area contributed by atoms with Gasteiger partial charge in [0.1, 0.15) is 0 Å². The van der Waals surface area contributed by atoms with Gasteiger partial charge in [0.2, 0.25) is 0 Å². The molecular formula is C12H20Cl2. The molecule has 0 radical (unpaired) electrons. The van der Waals surface area contributed by atoms with E-state index in [1.807, 2.05) is 53.7 Å². The molecule has 0 amide bonds. The number of halogens is 2. The molecule has 0 unspecified atom stereocenters. The molecule has 14 heavy (non-hydrogen) atoms. The van der Waals surface area contributed by atoms with Crippen LogP contribution < -0.4 is 0 Å². The Morgan fingerprint density at radius 3 is 1.14 bits per heavy atom. The van der Waals surface area contributed by atoms with Gasteiger partial charge in [0.25, 0.3) is 0 Å². The normalized spacial score (nSPS) is 8.00. The van der Waals surface area contributed by atoms with E-state index in [1.165, 1.54) is 11.1 Å². The van der Waals surface area contributed by atoms with Gasteiger partial charge in [-0.15, -0.1) is 0 Å². The maximum absolute atomic E-state index is 5.75. The minimum Gasteiger partial charge on any atom is -0.0827 e. The molecule has 0 aromatic heterocycles. The standard InChI is InChI=1S/C8H8Cl2.2C2H6/c1-5-3-7(9)8(10)4-6(5)2;2*1-2/h3-4H,1-2H3;2*1-2H3. The molecule has 0 saturated carbocycles. The summed E-state index contributed by atoms with van der Waals surface area (Å²) >= 11 is 11.5. The van der Waals surface area contributed by atoms with Crippen molar-refractivity contribution in [3.8, 4) is 0 Å². The minimum atomic E-state index is 0.629. The fourth-order valence-electron chi connectivity index (χ4n) is 0.746. The molecule has 1 aromatic rings. The fourth-order valence-corrected chi connectivity index (χ4v) is 1.18. The van der Waals surface area contributed by atoms with Gasteiger partial charge in [0, 0.05) is 0 Å². The molecule has 0 aliphatic rings. The lowest BCUT2D eigenvalue weighted by Crippen LogP contribution is -1.79. The van der Waals surface area contributed by atoms with Gasteiger partial charge in [-0.25, -0.2) is 0 Å². The van der Waals surface area contributed by atoms with Gasteiger partial charge in [0.05, 0.1) is 10.0 Å². The van der Waals surface area contributed by atoms with Crippen molar-refractivity contribution in [1.82, 2.24) is 0 Å². The van der Waals surface area contributed by atoms with Gasteiger partial charge in [0.15, 0.2) is 0 Å². The Labute approximate surface area is 98.2 Å². The highest BCUT2D eigenvalue weighted by molar-refractivity contribution is 6.42. The summed E-state index contributed by atoms with van der Waals surface area (Å²) in [7, 11) is 0. The molecule has 0 fully saturated rings. The van der Waals surface area contributed by atoms with E-state index in [0.717, 1.165) is 0 Å². The van der Waals surface area contributed by atoms with Crippen LogP contribution in [0.2, 0.25) is 10.0 Å². The van der Waals surface area contributed by atoms with E-state index in [1.54, 1.807) is 0 Å². The van der Waals surface area contributed by atoms with Crippen LogP contribution in [0.3, 0.4) is 0 Å². The van der Waals surface area contributed by atoms with Crippen LogP contribution in [0.5, 0.6) is 0 Å². The van der Waals surface area contributed by atoms with Gasteiger partial charge in [-0.2, -0.15) is 0 Å². The largest absolute Gasteiger partial charge is 0.0827 e. The minimum absolute atomic E-state index is 0.629. The molecule has 0 spiro atoms. The molecule has 0 heterocycles. The van der Waals surface area contributed by atoms with E-state index < -0.39 is 0 Å². The van der Waals surface area contributed by atoms with Crippen molar-refractivity contribution in [2.75, 3.05) is 0 Å². The summed E-state index contributed by atoms with van der Waals surface area (Å²) in [5.41, 5.74) is 2.35. The van der Waals surface area contributed by atoms with Crippen LogP contribution in [0.1, 0.15) is 38.8 Å². The Balaban J connectivity index is 0. The molecule has 1 rings (SSSR count). The summed E-state index contributed by atoms with van der Waals surface area (Å²) < 4.78 is 0. The van der Waals surface area contributed by atoms with E-state index in [4.69, 9.17) is 23.2 Å². The quantitative estimate of drug-likeness (QED) is 0.544. The zero-order valence-corrected chi connectivity index (χ0v) is 11.4. The van der Waals surface area contributed by atoms with Gasteiger partial charge < -0.3 is 0 Å². The third-order valence-corrected chi connectivity index (χ3v) is 2.26. The molecule has 0 atom stereocenters. The predicted molar refractivity (Wildman–Crippen MR) is 68.6 cm³/mol. The second-order valence-corrected chi connectivity index (χ2v) is 3.16. The van der Waals surface area contributed by atoms with Gasteiger partial charge >= 0.3 is 0 Å². The van der Waals surface area contributed by atoms with Crippen molar-refractivity contribution in [3.05, 3.63) is 33.3 Å². The Bertz CT molecular complexity index is 204. The predicted octanol–water partition coefficient (Wildman–Crippen LogP) is 5.66. The third kappa shape index (κ3) is 5.51. The van der Waals surface area contributed by atoms with E-state index >= 15 is 0 Å². The van der Waals surface area contributed by atoms with Crippen LogP contribution in [-0.4, -0.2) is 0 Å². The summed E-state index contributed by atoms with van der Waals surface area (Å²) in [5.74, 6) is 0. The highest BCUT2D eigenvalue weighted by Crippen LogP contribution is 2.24. The van der Waals surface area contributed by atoms with Gasteiger partial charge in [-0.3, -0.25) is 0 Å². The third-order valence-electron chi connectivity index (χ3n) is 1.54. The molecule has 0 aliphatic heterocycles. The van der Waals surface area contributed by atoms with Crippen molar-refractivity contribution in [3.63, 3.8) is 0 Å². The average Bonchev–Trinajstić information content (AvgIpc) is 2.21. The summed E-state index contributed by atoms with van der Waals surface area (Å²) in [4.78, 5) is 0. The van der Waals surface area contributed by atoms with Crippen molar-refractivity contribution in [2.45, 2.75) is 41.5 Å². The maximum Gasteiger partial charge on any atom is 0.0595 e. The Morgan fingerprint density at radius 1 is 0.714 bits per heavy atom. The average molecular weight is 235 g/mol. The van der Waals surface area contributed by atoms with Gasteiger partial charge in [-0.05, 0) is 37.1 Å². The molecule has 0 saturated heterocycles. The van der Waals surface area contributed by atoms with E-state index in [-0.39, 0.29) is 0 Å². The maximum atomic E-state index is 5.75. The number of hydrogen-bond donors (Lipinski definition) is 0. The summed E-state index contributed by atoms with van der Waals surface area (Å²) in [5, 5.41) is 1.26. The van der Waals surface area contributed by atoms with Crippen molar-refractivity contribution >= 4 is 23.2 Å². The number of hydrogen-bond acceptors (Lipinski definition) is 0. The SMILES string of the molecule is CC.CC.Cc1cc(Cl)c(Cl)cc1C. The van der Waals surface area contributed by atoms with E-state index in [2.05, 4.69) is 0 Å². The first-order valence-corrected chi connectivity index (χ1v) is 5.79. The fraction of sp³-hybridized carbons (Fsp3) is 0.500. The van der Waals surface area contributed by atoms with Crippen molar-refractivity contribution in [1.29, 1.82) is 0 Å². The highest BCUT2D eigenvalue weighted by Gasteiger charge is 1.98. The first kappa shape index (κ1) is 16.2. The lowest BCUT2D eigenvalue weighted by molar-refractivity contribution is 1.34. The molecular weight excluding hydrogens is 215 g/mol. The molecule has 0 nitrogen and oxygen atoms in total. The second-order valence-electron chi connectivity index (χ2n) is 2.35. The summed E-state index contributed by atoms with van der Waals surface area (Å²) in [6, 6.07) is 3.75. The summed E-state index contributed by atoms with van der Waals surface area (Å²) in [6.07, 6.45) is 0. The number of aryl methyl sites for hydroxylation is 2. The molecule has 0 N–H and O–H groups in total. The Morgan fingerprint density at radius 2 is 0.929 bits per heavy atom. The zero-order valence-electron chi connectivity index (χ0n) is 9.91. The van der Waals surface area contributed by atoms with E-state index in [0.29, 0.717) is 10.0 Å². The monoisotopic (exact) mass is 234 g/mol. The molecule has 82 valence electrons. The van der Waals surface area contributed by atoms with Crippen LogP contribution in [0.15, 0.2) is 12.1 Å². The number of benzene rings is 1. The van der Waals surface area contributed by atoms with Crippen LogP contribution in [0, 0.1) is 13.8 Å². The van der Waals surface area contributed by atoms with Crippen LogP contribution >= 0.6 is 23.2 Å². The lowest BCUT2D eigenvalue weighted by Gasteiger charge is -2.00. The first-order chi connectivity index (χ1) is 6.61. The lowest BCUT2D eigenvalue weighted by atomic mass is 10.1. The number of rotatable bonds is 0. The molecule has 0 aliphatic carbocycles. The zero-order chi connectivity index (χ0) is 11.7. The van der Waals surface area contributed by atoms with Gasteiger partial charge in [-0.1, -0.05) is 50.9 Å². The first-order valence-electron chi connectivity index (χ1n) is 5.03. The molecule has 2 heteroatoms. The second kappa shape index (κ2) is 9.36. The van der Waals surface area contributed by atoms with Crippen LogP contribution in [-0.2, 0) is 0 Å². The highest BCUT2D eigenvalue weighted by atomic mass is 35.5. The smallest absolute Gasteiger partial charge is 0.0595 e. The van der Waals surface area contributed by atoms with E-state index in [9.17, 15) is 0 Å². The molecule has 0 bridgehead atoms. The van der Waals surface area contributed by atoms with Crippen molar-refractivity contribution in [2.24, 2.45) is 0 Å². The Hall–Kier alpha value is -0.200. The van der Waals surface area contributed by atoms with Crippen molar-refractivity contribution < 1.29 is 0 Å². The Kier molecular flexibility index (Phi) is 10.9. The van der Waals surface area contributed by atoms with Crippen LogP contribution in [0.4, 0.5) is 0 Å².